The van der Waals surface area contributed by atoms with Gasteiger partial charge in [0.05, 0.1) is 29.2 Å². The Labute approximate surface area is 237 Å². The first-order chi connectivity index (χ1) is 19.3. The van der Waals surface area contributed by atoms with E-state index in [9.17, 15) is 19.3 Å². The molecule has 3 aromatic carbocycles. The molecule has 0 radical (unpaired) electrons. The maximum Gasteiger partial charge on any atom is 0.315 e. The lowest BCUT2D eigenvalue weighted by Crippen LogP contribution is -2.25. The van der Waals surface area contributed by atoms with Crippen molar-refractivity contribution in [2.45, 2.75) is 44.6 Å². The number of methoxy groups -OCH3 is 1. The highest BCUT2D eigenvalue weighted by Gasteiger charge is 2.24. The molecule has 0 atom stereocenters. The highest BCUT2D eigenvalue weighted by Crippen LogP contribution is 2.39. The van der Waals surface area contributed by atoms with Crippen molar-refractivity contribution in [3.63, 3.8) is 0 Å². The number of ether oxygens (including phenoxy) is 2. The van der Waals surface area contributed by atoms with E-state index in [1.54, 1.807) is 18.2 Å². The van der Waals surface area contributed by atoms with Gasteiger partial charge in [-0.05, 0) is 54.8 Å². The van der Waals surface area contributed by atoms with Gasteiger partial charge in [0.25, 0.3) is 5.56 Å². The molecular weight excluding hydrogens is 583 g/mol. The fourth-order valence-electron chi connectivity index (χ4n) is 4.92. The van der Waals surface area contributed by atoms with E-state index in [1.807, 2.05) is 6.07 Å². The molecule has 0 N–H and O–H groups in total. The van der Waals surface area contributed by atoms with Crippen LogP contribution in [0.15, 0.2) is 69.0 Å². The van der Waals surface area contributed by atoms with Gasteiger partial charge >= 0.3 is 5.69 Å². The quantitative estimate of drug-likeness (QED) is 0.125. The van der Waals surface area contributed by atoms with E-state index in [-0.39, 0.29) is 35.3 Å². The average Bonchev–Trinajstić information content (AvgIpc) is 2.96. The maximum atomic E-state index is 13.6. The predicted octanol–water partition coefficient (Wildman–Crippen LogP) is 6.72. The van der Waals surface area contributed by atoms with Crippen LogP contribution >= 0.6 is 15.9 Å². The van der Waals surface area contributed by atoms with Gasteiger partial charge < -0.3 is 9.47 Å². The zero-order chi connectivity index (χ0) is 28.2. The van der Waals surface area contributed by atoms with Crippen LogP contribution in [0.25, 0.3) is 10.9 Å². The SMILES string of the molecule is COc1cc(C=Nn2c(C3CCCCC3)nc3ccc(Br)cc3c2=O)cc([N+](=O)[O-])c1OCc1cccc(F)c1. The van der Waals surface area contributed by atoms with E-state index < -0.39 is 10.7 Å². The molecule has 5 rings (SSSR count). The Kier molecular flexibility index (Phi) is 8.20. The van der Waals surface area contributed by atoms with Crippen molar-refractivity contribution in [3.05, 3.63) is 102 Å². The molecule has 11 heteroatoms. The van der Waals surface area contributed by atoms with Crippen LogP contribution in [0, 0.1) is 15.9 Å². The third-order valence-corrected chi connectivity index (χ3v) is 7.37. The zero-order valence-electron chi connectivity index (χ0n) is 21.7. The largest absolute Gasteiger partial charge is 0.493 e. The molecular formula is C29H26BrFN4O5. The summed E-state index contributed by atoms with van der Waals surface area (Å²) in [5, 5.41) is 16.9. The fraction of sp³-hybridized carbons (Fsp3) is 0.276. The topological polar surface area (TPSA) is 109 Å². The van der Waals surface area contributed by atoms with Crippen LogP contribution in [0.2, 0.25) is 0 Å². The predicted molar refractivity (Wildman–Crippen MR) is 153 cm³/mol. The highest BCUT2D eigenvalue weighted by molar-refractivity contribution is 9.10. The van der Waals surface area contributed by atoms with Crippen LogP contribution in [0.4, 0.5) is 10.1 Å². The number of nitrogens with zero attached hydrogens (tertiary/aromatic N) is 4. The second-order valence-electron chi connectivity index (χ2n) is 9.58. The number of fused-ring (bicyclic) bond motifs is 1. The Bertz CT molecular complexity index is 1670. The molecule has 1 fully saturated rings. The minimum atomic E-state index is -0.588. The number of aromatic nitrogens is 2. The summed E-state index contributed by atoms with van der Waals surface area (Å²) in [6.07, 6.45) is 6.42. The lowest BCUT2D eigenvalue weighted by molar-refractivity contribution is -0.386. The summed E-state index contributed by atoms with van der Waals surface area (Å²) in [6, 6.07) is 14.0. The minimum absolute atomic E-state index is 0.0779. The lowest BCUT2D eigenvalue weighted by Gasteiger charge is -2.22. The molecule has 1 saturated carbocycles. The molecule has 0 bridgehead atoms. The van der Waals surface area contributed by atoms with Crippen LogP contribution in [0.5, 0.6) is 11.5 Å². The van der Waals surface area contributed by atoms with E-state index >= 15 is 0 Å². The Balaban J connectivity index is 1.55. The number of nitro groups is 1. The molecule has 0 amide bonds. The van der Waals surface area contributed by atoms with Crippen LogP contribution in [0.3, 0.4) is 0 Å². The second-order valence-corrected chi connectivity index (χ2v) is 10.5. The van der Waals surface area contributed by atoms with Crippen molar-refractivity contribution in [3.8, 4) is 11.5 Å². The molecule has 0 unspecified atom stereocenters. The first kappa shape index (κ1) is 27.4. The summed E-state index contributed by atoms with van der Waals surface area (Å²) in [5.41, 5.74) is 0.763. The standard InChI is InChI=1S/C29H26BrFN4O5/c1-39-26-14-19(13-25(35(37)38)27(26)40-17-18-6-5-9-22(31)12-18)16-32-34-28(20-7-3-2-4-8-20)33-24-11-10-21(30)15-23(24)29(34)36/h5-6,9-16,20H,2-4,7-8,17H2,1H3. The van der Waals surface area contributed by atoms with E-state index in [4.69, 9.17) is 14.5 Å². The van der Waals surface area contributed by atoms with Crippen molar-refractivity contribution in [2.24, 2.45) is 5.10 Å². The van der Waals surface area contributed by atoms with Gasteiger partial charge in [-0.25, -0.2) is 9.37 Å². The third-order valence-electron chi connectivity index (χ3n) is 6.87. The number of rotatable bonds is 8. The molecule has 4 aromatic rings. The molecule has 1 heterocycles. The van der Waals surface area contributed by atoms with Crippen LogP contribution in [-0.4, -0.2) is 27.9 Å². The minimum Gasteiger partial charge on any atom is -0.493 e. The summed E-state index contributed by atoms with van der Waals surface area (Å²) in [7, 11) is 1.37. The van der Waals surface area contributed by atoms with Gasteiger partial charge in [0, 0.05) is 22.0 Å². The number of hydrogen-bond acceptors (Lipinski definition) is 7. The second kappa shape index (κ2) is 12.0. The Hall–Kier alpha value is -4.12. The van der Waals surface area contributed by atoms with E-state index in [2.05, 4.69) is 21.0 Å². The molecule has 1 aromatic heterocycles. The average molecular weight is 609 g/mol. The van der Waals surface area contributed by atoms with E-state index in [0.29, 0.717) is 27.9 Å². The Morgan fingerprint density at radius 3 is 2.70 bits per heavy atom. The molecule has 0 aliphatic heterocycles. The van der Waals surface area contributed by atoms with E-state index in [1.165, 1.54) is 48.3 Å². The number of hydrogen-bond donors (Lipinski definition) is 0. The summed E-state index contributed by atoms with van der Waals surface area (Å²) in [5.74, 6) is 0.229. The van der Waals surface area contributed by atoms with Crippen molar-refractivity contribution in [1.29, 1.82) is 0 Å². The highest BCUT2D eigenvalue weighted by atomic mass is 79.9. The third kappa shape index (κ3) is 5.89. The van der Waals surface area contributed by atoms with Gasteiger partial charge in [-0.3, -0.25) is 14.9 Å². The molecule has 1 aliphatic carbocycles. The first-order valence-electron chi connectivity index (χ1n) is 12.8. The summed E-state index contributed by atoms with van der Waals surface area (Å²) < 4.78 is 26.7. The summed E-state index contributed by atoms with van der Waals surface area (Å²) >= 11 is 3.41. The molecule has 0 saturated heterocycles. The lowest BCUT2D eigenvalue weighted by atomic mass is 9.88. The van der Waals surface area contributed by atoms with Gasteiger partial charge in [-0.15, -0.1) is 0 Å². The van der Waals surface area contributed by atoms with Crippen molar-refractivity contribution >= 4 is 38.7 Å². The van der Waals surface area contributed by atoms with Crippen LogP contribution < -0.4 is 15.0 Å². The molecule has 9 nitrogen and oxygen atoms in total. The normalized spacial score (nSPS) is 14.1. The number of halogens is 2. The molecule has 0 spiro atoms. The van der Waals surface area contributed by atoms with Crippen molar-refractivity contribution in [2.75, 3.05) is 7.11 Å². The monoisotopic (exact) mass is 608 g/mol. The van der Waals surface area contributed by atoms with Gasteiger partial charge in [0.2, 0.25) is 5.75 Å². The summed E-state index contributed by atoms with van der Waals surface area (Å²) in [4.78, 5) is 29.8. The fourth-order valence-corrected chi connectivity index (χ4v) is 5.29. The molecule has 1 aliphatic rings. The first-order valence-corrected chi connectivity index (χ1v) is 13.6. The maximum absolute atomic E-state index is 13.6. The smallest absolute Gasteiger partial charge is 0.315 e. The molecule has 206 valence electrons. The van der Waals surface area contributed by atoms with Gasteiger partial charge in [-0.2, -0.15) is 9.78 Å². The number of benzene rings is 3. The van der Waals surface area contributed by atoms with Gasteiger partial charge in [-0.1, -0.05) is 47.3 Å². The number of nitro benzene ring substituents is 1. The van der Waals surface area contributed by atoms with E-state index in [0.717, 1.165) is 36.6 Å². The van der Waals surface area contributed by atoms with Gasteiger partial charge in [0.1, 0.15) is 18.2 Å². The Morgan fingerprint density at radius 2 is 1.98 bits per heavy atom. The van der Waals surface area contributed by atoms with Crippen LogP contribution in [-0.2, 0) is 6.61 Å². The molecule has 40 heavy (non-hydrogen) atoms. The van der Waals surface area contributed by atoms with Crippen LogP contribution in [0.1, 0.15) is 55.0 Å². The Morgan fingerprint density at radius 1 is 1.18 bits per heavy atom. The van der Waals surface area contributed by atoms with Crippen molar-refractivity contribution in [1.82, 2.24) is 9.66 Å². The van der Waals surface area contributed by atoms with Crippen molar-refractivity contribution < 1.29 is 18.8 Å². The zero-order valence-corrected chi connectivity index (χ0v) is 23.3. The van der Waals surface area contributed by atoms with Gasteiger partial charge in [0.15, 0.2) is 5.75 Å². The summed E-state index contributed by atoms with van der Waals surface area (Å²) in [6.45, 7) is -0.0964.